The fraction of sp³-hybridized carbons (Fsp3) is 0.375. The SMILES string of the molecule is Cc1ccc(C#CCN)c(N2C(=O)CC(C)CC2=O)c1. The van der Waals surface area contributed by atoms with Gasteiger partial charge in [-0.1, -0.05) is 24.8 Å². The van der Waals surface area contributed by atoms with Crippen LogP contribution in [0, 0.1) is 24.7 Å². The van der Waals surface area contributed by atoms with Gasteiger partial charge in [-0.25, -0.2) is 4.90 Å². The fourth-order valence-electron chi connectivity index (χ4n) is 2.34. The molecule has 0 radical (unpaired) electrons. The second-order valence-electron chi connectivity index (χ2n) is 5.16. The number of hydrogen-bond donors (Lipinski definition) is 1. The van der Waals surface area contributed by atoms with Gasteiger partial charge in [-0.3, -0.25) is 9.59 Å². The lowest BCUT2D eigenvalue weighted by Gasteiger charge is -2.29. The summed E-state index contributed by atoms with van der Waals surface area (Å²) in [4.78, 5) is 25.6. The molecule has 4 nitrogen and oxygen atoms in total. The molecular weight excluding hydrogens is 252 g/mol. The minimum Gasteiger partial charge on any atom is -0.320 e. The van der Waals surface area contributed by atoms with Crippen LogP contribution in [0.3, 0.4) is 0 Å². The second-order valence-corrected chi connectivity index (χ2v) is 5.16. The first-order chi connectivity index (χ1) is 9.52. The van der Waals surface area contributed by atoms with Gasteiger partial charge in [-0.2, -0.15) is 0 Å². The Morgan fingerprint density at radius 1 is 1.30 bits per heavy atom. The Kier molecular flexibility index (Phi) is 4.21. The topological polar surface area (TPSA) is 63.4 Å². The highest BCUT2D eigenvalue weighted by Crippen LogP contribution is 2.28. The van der Waals surface area contributed by atoms with Gasteiger partial charge in [0.25, 0.3) is 0 Å². The molecule has 0 unspecified atom stereocenters. The smallest absolute Gasteiger partial charge is 0.234 e. The highest BCUT2D eigenvalue weighted by atomic mass is 16.2. The molecular formula is C16H18N2O2. The lowest BCUT2D eigenvalue weighted by Crippen LogP contribution is -2.43. The van der Waals surface area contributed by atoms with Crippen molar-refractivity contribution in [3.8, 4) is 11.8 Å². The standard InChI is InChI=1S/C16H18N2O2/c1-11-5-6-13(4-3-7-17)14(8-11)18-15(19)9-12(2)10-16(18)20/h5-6,8,12H,7,9-10,17H2,1-2H3. The van der Waals surface area contributed by atoms with Gasteiger partial charge >= 0.3 is 0 Å². The number of rotatable bonds is 1. The van der Waals surface area contributed by atoms with Crippen LogP contribution in [-0.2, 0) is 9.59 Å². The largest absolute Gasteiger partial charge is 0.320 e. The van der Waals surface area contributed by atoms with Crippen molar-refractivity contribution in [2.75, 3.05) is 11.4 Å². The van der Waals surface area contributed by atoms with Crippen molar-refractivity contribution < 1.29 is 9.59 Å². The second kappa shape index (κ2) is 5.89. The first kappa shape index (κ1) is 14.3. The third-order valence-corrected chi connectivity index (χ3v) is 3.26. The zero-order valence-corrected chi connectivity index (χ0v) is 11.8. The Balaban J connectivity index is 2.47. The molecule has 4 heteroatoms. The Morgan fingerprint density at radius 2 is 1.95 bits per heavy atom. The molecule has 1 fully saturated rings. The summed E-state index contributed by atoms with van der Waals surface area (Å²) in [5, 5.41) is 0. The van der Waals surface area contributed by atoms with E-state index in [-0.39, 0.29) is 24.3 Å². The van der Waals surface area contributed by atoms with Crippen LogP contribution in [0.4, 0.5) is 5.69 Å². The van der Waals surface area contributed by atoms with Gasteiger partial charge < -0.3 is 5.73 Å². The average molecular weight is 270 g/mol. The fourth-order valence-corrected chi connectivity index (χ4v) is 2.34. The Bertz CT molecular complexity index is 593. The van der Waals surface area contributed by atoms with Crippen LogP contribution >= 0.6 is 0 Å². The van der Waals surface area contributed by atoms with Crippen molar-refractivity contribution in [2.24, 2.45) is 11.7 Å². The molecule has 20 heavy (non-hydrogen) atoms. The monoisotopic (exact) mass is 270 g/mol. The maximum atomic E-state index is 12.2. The third-order valence-electron chi connectivity index (χ3n) is 3.26. The molecule has 1 aliphatic rings. The number of amides is 2. The van der Waals surface area contributed by atoms with Crippen LogP contribution in [0.2, 0.25) is 0 Å². The molecule has 2 N–H and O–H groups in total. The molecule has 1 aromatic carbocycles. The van der Waals surface area contributed by atoms with Crippen LogP contribution < -0.4 is 10.6 Å². The van der Waals surface area contributed by atoms with E-state index in [0.717, 1.165) is 5.56 Å². The highest BCUT2D eigenvalue weighted by molar-refractivity contribution is 6.17. The molecule has 1 heterocycles. The van der Waals surface area contributed by atoms with Crippen LogP contribution in [0.5, 0.6) is 0 Å². The number of benzene rings is 1. The van der Waals surface area contributed by atoms with E-state index in [4.69, 9.17) is 5.73 Å². The summed E-state index contributed by atoms with van der Waals surface area (Å²) >= 11 is 0. The lowest BCUT2D eigenvalue weighted by atomic mass is 9.96. The van der Waals surface area contributed by atoms with Crippen LogP contribution in [0.1, 0.15) is 30.9 Å². The minimum absolute atomic E-state index is 0.106. The summed E-state index contributed by atoms with van der Waals surface area (Å²) in [7, 11) is 0. The summed E-state index contributed by atoms with van der Waals surface area (Å²) in [6.07, 6.45) is 0.785. The van der Waals surface area contributed by atoms with Gasteiger partial charge in [0, 0.05) is 18.4 Å². The number of piperidine rings is 1. The number of anilines is 1. The van der Waals surface area contributed by atoms with Crippen molar-refractivity contribution in [3.05, 3.63) is 29.3 Å². The summed E-state index contributed by atoms with van der Waals surface area (Å²) in [6.45, 7) is 4.08. The van der Waals surface area contributed by atoms with E-state index in [9.17, 15) is 9.59 Å². The van der Waals surface area contributed by atoms with Crippen LogP contribution in [0.25, 0.3) is 0 Å². The number of nitrogens with zero attached hydrogens (tertiary/aromatic N) is 1. The molecule has 0 bridgehead atoms. The van der Waals surface area contributed by atoms with Gasteiger partial charge in [0.05, 0.1) is 12.2 Å². The lowest BCUT2D eigenvalue weighted by molar-refractivity contribution is -0.130. The third kappa shape index (κ3) is 2.89. The molecule has 0 aromatic heterocycles. The van der Waals surface area contributed by atoms with Gasteiger partial charge in [0.15, 0.2) is 0 Å². The van der Waals surface area contributed by atoms with Crippen molar-refractivity contribution in [1.82, 2.24) is 0 Å². The van der Waals surface area contributed by atoms with Crippen LogP contribution in [0.15, 0.2) is 18.2 Å². The first-order valence-corrected chi connectivity index (χ1v) is 6.68. The van der Waals surface area contributed by atoms with Gasteiger partial charge in [0.1, 0.15) is 0 Å². The maximum absolute atomic E-state index is 12.2. The van der Waals surface area contributed by atoms with Crippen molar-refractivity contribution >= 4 is 17.5 Å². The normalized spacial score (nSPS) is 16.1. The summed E-state index contributed by atoms with van der Waals surface area (Å²) < 4.78 is 0. The Morgan fingerprint density at radius 3 is 2.55 bits per heavy atom. The highest BCUT2D eigenvalue weighted by Gasteiger charge is 2.32. The van der Waals surface area contributed by atoms with Gasteiger partial charge in [-0.15, -0.1) is 0 Å². The average Bonchev–Trinajstić information content (AvgIpc) is 2.36. The number of hydrogen-bond acceptors (Lipinski definition) is 3. The number of aryl methyl sites for hydroxylation is 1. The zero-order valence-electron chi connectivity index (χ0n) is 11.8. The Hall–Kier alpha value is -2.12. The molecule has 1 aliphatic heterocycles. The predicted molar refractivity (Wildman–Crippen MR) is 78.0 cm³/mol. The predicted octanol–water partition coefficient (Wildman–Crippen LogP) is 1.59. The maximum Gasteiger partial charge on any atom is 0.234 e. The van der Waals surface area contributed by atoms with E-state index in [1.54, 1.807) is 0 Å². The number of nitrogens with two attached hydrogens (primary N) is 1. The molecule has 1 aromatic rings. The molecule has 2 rings (SSSR count). The van der Waals surface area contributed by atoms with Crippen LogP contribution in [-0.4, -0.2) is 18.4 Å². The molecule has 0 atom stereocenters. The molecule has 0 saturated carbocycles. The molecule has 2 amide bonds. The van der Waals surface area contributed by atoms with Crippen molar-refractivity contribution in [1.29, 1.82) is 0 Å². The Labute approximate surface area is 118 Å². The van der Waals surface area contributed by atoms with Gasteiger partial charge in [-0.05, 0) is 30.5 Å². The summed E-state index contributed by atoms with van der Waals surface area (Å²) in [5.41, 5.74) is 7.61. The van der Waals surface area contributed by atoms with E-state index in [0.29, 0.717) is 24.1 Å². The van der Waals surface area contributed by atoms with Crippen molar-refractivity contribution in [2.45, 2.75) is 26.7 Å². The molecule has 0 spiro atoms. The molecule has 104 valence electrons. The van der Waals surface area contributed by atoms with E-state index in [2.05, 4.69) is 11.8 Å². The zero-order chi connectivity index (χ0) is 14.7. The number of carbonyl (C=O) groups is 2. The van der Waals surface area contributed by atoms with E-state index < -0.39 is 0 Å². The quantitative estimate of drug-likeness (QED) is 0.622. The number of carbonyl (C=O) groups excluding carboxylic acids is 2. The number of imide groups is 1. The van der Waals surface area contributed by atoms with Gasteiger partial charge in [0.2, 0.25) is 11.8 Å². The van der Waals surface area contributed by atoms with Crippen molar-refractivity contribution in [3.63, 3.8) is 0 Å². The van der Waals surface area contributed by atoms with E-state index >= 15 is 0 Å². The summed E-state index contributed by atoms with van der Waals surface area (Å²) in [5.74, 6) is 5.49. The summed E-state index contributed by atoms with van der Waals surface area (Å²) in [6, 6.07) is 5.56. The molecule has 1 saturated heterocycles. The molecule has 0 aliphatic carbocycles. The van der Waals surface area contributed by atoms with E-state index in [1.807, 2.05) is 32.0 Å². The van der Waals surface area contributed by atoms with E-state index in [1.165, 1.54) is 4.90 Å². The first-order valence-electron chi connectivity index (χ1n) is 6.68. The minimum atomic E-state index is -0.157.